The van der Waals surface area contributed by atoms with Gasteiger partial charge < -0.3 is 10.1 Å². The maximum Gasteiger partial charge on any atom is 0.319 e. The predicted octanol–water partition coefficient (Wildman–Crippen LogP) is 3.62. The summed E-state index contributed by atoms with van der Waals surface area (Å²) >= 11 is 1.57. The topological polar surface area (TPSA) is 38.3 Å². The first-order valence-corrected chi connectivity index (χ1v) is 8.10. The molecule has 112 valence electrons. The average molecular weight is 295 g/mol. The lowest BCUT2D eigenvalue weighted by Gasteiger charge is -2.13. The molecule has 0 fully saturated rings. The van der Waals surface area contributed by atoms with Crippen LogP contribution in [0, 0.1) is 0 Å². The molecule has 1 atom stereocenters. The Morgan fingerprint density at radius 3 is 2.40 bits per heavy atom. The van der Waals surface area contributed by atoms with E-state index in [-0.39, 0.29) is 11.2 Å². The number of ether oxygens (including phenoxy) is 1. The number of nitrogens with one attached hydrogen (secondary N) is 1. The molecule has 4 heteroatoms. The Balaban J connectivity index is 2.57. The van der Waals surface area contributed by atoms with Gasteiger partial charge in [-0.3, -0.25) is 4.79 Å². The van der Waals surface area contributed by atoms with Crippen molar-refractivity contribution >= 4 is 17.7 Å². The average Bonchev–Trinajstić information content (AvgIpc) is 2.44. The number of hydrogen-bond donors (Lipinski definition) is 1. The zero-order valence-electron chi connectivity index (χ0n) is 12.8. The number of carbonyl (C=O) groups is 1. The highest BCUT2D eigenvalue weighted by atomic mass is 32.2. The van der Waals surface area contributed by atoms with E-state index in [9.17, 15) is 4.79 Å². The molecule has 0 bridgehead atoms. The van der Waals surface area contributed by atoms with Crippen molar-refractivity contribution in [1.29, 1.82) is 0 Å². The highest BCUT2D eigenvalue weighted by Crippen LogP contribution is 2.26. The van der Waals surface area contributed by atoms with Gasteiger partial charge in [0, 0.05) is 17.5 Å². The fourth-order valence-electron chi connectivity index (χ4n) is 1.71. The van der Waals surface area contributed by atoms with Gasteiger partial charge in [-0.05, 0) is 31.0 Å². The molecule has 0 spiro atoms. The van der Waals surface area contributed by atoms with Crippen LogP contribution in [0.3, 0.4) is 0 Å². The van der Waals surface area contributed by atoms with Gasteiger partial charge in [-0.25, -0.2) is 0 Å². The van der Waals surface area contributed by atoms with E-state index in [0.717, 1.165) is 17.9 Å². The summed E-state index contributed by atoms with van der Waals surface area (Å²) in [5, 5.41) is 3.27. The molecule has 1 aromatic rings. The number of benzene rings is 1. The van der Waals surface area contributed by atoms with Gasteiger partial charge in [-0.1, -0.05) is 32.9 Å². The maximum atomic E-state index is 11.8. The minimum absolute atomic E-state index is 0.116. The zero-order chi connectivity index (χ0) is 15.0. The second kappa shape index (κ2) is 9.03. The number of rotatable bonds is 8. The van der Waals surface area contributed by atoms with Crippen LogP contribution in [-0.4, -0.2) is 23.9 Å². The largest absolute Gasteiger partial charge is 0.465 e. The van der Waals surface area contributed by atoms with Crippen LogP contribution in [0.4, 0.5) is 0 Å². The van der Waals surface area contributed by atoms with Crippen LogP contribution in [-0.2, 0) is 16.1 Å². The van der Waals surface area contributed by atoms with Crippen LogP contribution in [0.5, 0.6) is 0 Å². The van der Waals surface area contributed by atoms with E-state index in [1.54, 1.807) is 11.8 Å². The SMILES string of the molecule is CCOC(=O)C(CC)Sc1ccc(CNC(C)C)cc1. The fraction of sp³-hybridized carbons (Fsp3) is 0.562. The molecule has 0 aliphatic rings. The second-order valence-corrected chi connectivity index (χ2v) is 6.22. The van der Waals surface area contributed by atoms with E-state index in [4.69, 9.17) is 4.74 Å². The van der Waals surface area contributed by atoms with Crippen molar-refractivity contribution in [3.8, 4) is 0 Å². The molecule has 0 aliphatic carbocycles. The summed E-state index contributed by atoms with van der Waals surface area (Å²) in [5.41, 5.74) is 1.26. The normalized spacial score (nSPS) is 12.4. The van der Waals surface area contributed by atoms with Gasteiger partial charge in [0.25, 0.3) is 0 Å². The number of esters is 1. The molecular formula is C16H25NO2S. The molecule has 0 amide bonds. The number of carbonyl (C=O) groups excluding carboxylic acids is 1. The van der Waals surface area contributed by atoms with Crippen molar-refractivity contribution < 1.29 is 9.53 Å². The quantitative estimate of drug-likeness (QED) is 0.587. The van der Waals surface area contributed by atoms with Crippen molar-refractivity contribution in [1.82, 2.24) is 5.32 Å². The van der Waals surface area contributed by atoms with Crippen LogP contribution in [0.15, 0.2) is 29.2 Å². The number of hydrogen-bond acceptors (Lipinski definition) is 4. The van der Waals surface area contributed by atoms with E-state index in [1.807, 2.05) is 13.8 Å². The number of thioether (sulfide) groups is 1. The minimum Gasteiger partial charge on any atom is -0.465 e. The summed E-state index contributed by atoms with van der Waals surface area (Å²) in [7, 11) is 0. The van der Waals surface area contributed by atoms with Gasteiger partial charge in [0.15, 0.2) is 0 Å². The van der Waals surface area contributed by atoms with Crippen LogP contribution in [0.25, 0.3) is 0 Å². The molecule has 1 aromatic carbocycles. The first-order valence-electron chi connectivity index (χ1n) is 7.22. The molecule has 0 saturated carbocycles. The van der Waals surface area contributed by atoms with Gasteiger partial charge in [0.05, 0.1) is 6.61 Å². The van der Waals surface area contributed by atoms with Gasteiger partial charge >= 0.3 is 5.97 Å². The molecular weight excluding hydrogens is 270 g/mol. The van der Waals surface area contributed by atoms with Gasteiger partial charge in [0.2, 0.25) is 0 Å². The standard InChI is InChI=1S/C16H25NO2S/c1-5-15(16(18)19-6-2)20-14-9-7-13(8-10-14)11-17-12(3)4/h7-10,12,15,17H,5-6,11H2,1-4H3. The van der Waals surface area contributed by atoms with Gasteiger partial charge in [-0.15, -0.1) is 11.8 Å². The molecule has 3 nitrogen and oxygen atoms in total. The fourth-order valence-corrected chi connectivity index (χ4v) is 2.66. The Bertz CT molecular complexity index is 403. The van der Waals surface area contributed by atoms with Crippen molar-refractivity contribution in [2.75, 3.05) is 6.61 Å². The third-order valence-electron chi connectivity index (χ3n) is 2.84. The summed E-state index contributed by atoms with van der Waals surface area (Å²) in [6.07, 6.45) is 0.778. The van der Waals surface area contributed by atoms with E-state index in [0.29, 0.717) is 12.6 Å². The van der Waals surface area contributed by atoms with E-state index < -0.39 is 0 Å². The summed E-state index contributed by atoms with van der Waals surface area (Å²) in [5.74, 6) is -0.120. The van der Waals surface area contributed by atoms with Crippen molar-refractivity contribution in [3.05, 3.63) is 29.8 Å². The molecule has 0 aromatic heterocycles. The highest BCUT2D eigenvalue weighted by Gasteiger charge is 2.18. The van der Waals surface area contributed by atoms with Crippen LogP contribution in [0.1, 0.15) is 39.7 Å². The van der Waals surface area contributed by atoms with E-state index in [2.05, 4.69) is 43.4 Å². The summed E-state index contributed by atoms with van der Waals surface area (Å²) in [6, 6.07) is 8.84. The monoisotopic (exact) mass is 295 g/mol. The molecule has 0 radical (unpaired) electrons. The first-order chi connectivity index (χ1) is 9.56. The minimum atomic E-state index is -0.120. The second-order valence-electron chi connectivity index (χ2n) is 4.95. The summed E-state index contributed by atoms with van der Waals surface area (Å²) < 4.78 is 5.09. The maximum absolute atomic E-state index is 11.8. The molecule has 1 rings (SSSR count). The van der Waals surface area contributed by atoms with Gasteiger partial charge in [0.1, 0.15) is 5.25 Å². The smallest absolute Gasteiger partial charge is 0.319 e. The first kappa shape index (κ1) is 17.1. The molecule has 0 heterocycles. The molecule has 1 N–H and O–H groups in total. The summed E-state index contributed by atoms with van der Waals surface area (Å²) in [6.45, 7) is 9.43. The van der Waals surface area contributed by atoms with Crippen LogP contribution in [0.2, 0.25) is 0 Å². The molecule has 0 saturated heterocycles. The molecule has 20 heavy (non-hydrogen) atoms. The van der Waals surface area contributed by atoms with Crippen molar-refractivity contribution in [2.45, 2.75) is 56.8 Å². The van der Waals surface area contributed by atoms with Crippen molar-refractivity contribution in [3.63, 3.8) is 0 Å². The van der Waals surface area contributed by atoms with Crippen LogP contribution >= 0.6 is 11.8 Å². The Hall–Kier alpha value is -1.00. The Kier molecular flexibility index (Phi) is 7.70. The third-order valence-corrected chi connectivity index (χ3v) is 4.19. The Morgan fingerprint density at radius 2 is 1.90 bits per heavy atom. The molecule has 0 aliphatic heterocycles. The highest BCUT2D eigenvalue weighted by molar-refractivity contribution is 8.00. The Labute approximate surface area is 126 Å². The van der Waals surface area contributed by atoms with Crippen LogP contribution < -0.4 is 5.32 Å². The van der Waals surface area contributed by atoms with Crippen molar-refractivity contribution in [2.24, 2.45) is 0 Å². The van der Waals surface area contributed by atoms with E-state index >= 15 is 0 Å². The summed E-state index contributed by atoms with van der Waals surface area (Å²) in [4.78, 5) is 12.9. The zero-order valence-corrected chi connectivity index (χ0v) is 13.6. The third kappa shape index (κ3) is 5.97. The predicted molar refractivity (Wildman–Crippen MR) is 85.0 cm³/mol. The lowest BCUT2D eigenvalue weighted by Crippen LogP contribution is -2.21. The van der Waals surface area contributed by atoms with E-state index in [1.165, 1.54) is 5.56 Å². The Morgan fingerprint density at radius 1 is 1.25 bits per heavy atom. The lowest BCUT2D eigenvalue weighted by atomic mass is 10.2. The lowest BCUT2D eigenvalue weighted by molar-refractivity contribution is -0.142. The molecule has 1 unspecified atom stereocenters. The van der Waals surface area contributed by atoms with Gasteiger partial charge in [-0.2, -0.15) is 0 Å².